The van der Waals surface area contributed by atoms with Crippen molar-refractivity contribution in [3.8, 4) is 0 Å². The fourth-order valence-corrected chi connectivity index (χ4v) is 1.50. The summed E-state index contributed by atoms with van der Waals surface area (Å²) < 4.78 is 28.9. The molecule has 0 atom stereocenters. The van der Waals surface area contributed by atoms with Gasteiger partial charge in [0.1, 0.15) is 0 Å². The topological polar surface area (TPSA) is 54.4 Å². The highest BCUT2D eigenvalue weighted by Gasteiger charge is 2.03. The van der Waals surface area contributed by atoms with Crippen LogP contribution in [0.1, 0.15) is 32.6 Å². The number of rotatable bonds is 6. The molecule has 0 aromatic heterocycles. The molecular weight excluding hydrogens is 196 g/mol. The lowest BCUT2D eigenvalue weighted by Gasteiger charge is -1.98. The molecule has 5 heteroatoms. The van der Waals surface area contributed by atoms with Crippen molar-refractivity contribution in [1.29, 1.82) is 0 Å². The van der Waals surface area contributed by atoms with E-state index in [0.29, 0.717) is 6.42 Å². The lowest BCUT2D eigenvalue weighted by atomic mass is 10.2. The molecule has 0 aliphatic carbocycles. The van der Waals surface area contributed by atoms with Gasteiger partial charge >= 0.3 is 0 Å². The van der Waals surface area contributed by atoms with Gasteiger partial charge in [-0.05, 0) is 30.5 Å². The zero-order chi connectivity index (χ0) is 9.61. The molecule has 0 bridgehead atoms. The Morgan fingerprint density at radius 3 is 2.42 bits per heavy atom. The van der Waals surface area contributed by atoms with E-state index in [-0.39, 0.29) is 5.75 Å². The predicted molar refractivity (Wildman–Crippen MR) is 53.2 cm³/mol. The summed E-state index contributed by atoms with van der Waals surface area (Å²) >= 11 is 4.95. The van der Waals surface area contributed by atoms with Crippen molar-refractivity contribution in [3.63, 3.8) is 0 Å². The van der Waals surface area contributed by atoms with E-state index in [4.69, 9.17) is 16.8 Å². The molecule has 0 aliphatic rings. The summed E-state index contributed by atoms with van der Waals surface area (Å²) in [7, 11) is -3.77. The molecular formula is C7H14O3S2. The molecule has 0 spiro atoms. The molecule has 0 heterocycles. The lowest BCUT2D eigenvalue weighted by molar-refractivity contribution is 0.480. The van der Waals surface area contributed by atoms with Gasteiger partial charge in [-0.15, -0.1) is 0 Å². The minimum atomic E-state index is -3.77. The van der Waals surface area contributed by atoms with Crippen LogP contribution in [-0.2, 0) is 10.1 Å². The quantitative estimate of drug-likeness (QED) is 0.413. The van der Waals surface area contributed by atoms with Gasteiger partial charge in [0.15, 0.2) is 0 Å². The summed E-state index contributed by atoms with van der Waals surface area (Å²) in [5.41, 5.74) is 0. The van der Waals surface area contributed by atoms with Gasteiger partial charge in [-0.25, -0.2) is 0 Å². The average molecular weight is 210 g/mol. The largest absolute Gasteiger partial charge is 0.286 e. The third-order valence-corrected chi connectivity index (χ3v) is 2.80. The molecule has 0 aromatic rings. The molecule has 0 unspecified atom stereocenters. The van der Waals surface area contributed by atoms with E-state index in [9.17, 15) is 8.42 Å². The highest BCUT2D eigenvalue weighted by molar-refractivity contribution is 7.85. The molecule has 0 amide bonds. The summed E-state index contributed by atoms with van der Waals surface area (Å²) in [5, 5.41) is 0. The van der Waals surface area contributed by atoms with E-state index in [0.717, 1.165) is 24.1 Å². The van der Waals surface area contributed by atoms with E-state index < -0.39 is 10.1 Å². The number of thiocarbonyl (C=S) groups is 1. The van der Waals surface area contributed by atoms with Crippen molar-refractivity contribution in [3.05, 3.63) is 0 Å². The van der Waals surface area contributed by atoms with Crippen LogP contribution >= 0.6 is 12.2 Å². The van der Waals surface area contributed by atoms with Crippen molar-refractivity contribution < 1.29 is 13.0 Å². The Kier molecular flexibility index (Phi) is 5.61. The van der Waals surface area contributed by atoms with E-state index in [1.165, 1.54) is 0 Å². The lowest BCUT2D eigenvalue weighted by Crippen LogP contribution is -2.04. The van der Waals surface area contributed by atoms with Crippen LogP contribution in [0.2, 0.25) is 0 Å². The Hall–Kier alpha value is -0.0000000000000000763. The van der Waals surface area contributed by atoms with Crippen molar-refractivity contribution in [2.45, 2.75) is 32.6 Å². The zero-order valence-corrected chi connectivity index (χ0v) is 8.75. The first-order valence-corrected chi connectivity index (χ1v) is 5.94. The minimum absolute atomic E-state index is 0.153. The van der Waals surface area contributed by atoms with Gasteiger partial charge in [0.05, 0.1) is 5.75 Å². The van der Waals surface area contributed by atoms with Crippen LogP contribution in [0.5, 0.6) is 0 Å². The van der Waals surface area contributed by atoms with Gasteiger partial charge in [-0.1, -0.05) is 19.1 Å². The summed E-state index contributed by atoms with van der Waals surface area (Å²) in [6.45, 7) is 1.98. The number of hydrogen-bond acceptors (Lipinski definition) is 3. The van der Waals surface area contributed by atoms with Gasteiger partial charge in [0.25, 0.3) is 10.1 Å². The van der Waals surface area contributed by atoms with Crippen LogP contribution in [-0.4, -0.2) is 23.6 Å². The second-order valence-corrected chi connectivity index (χ2v) is 4.78. The molecule has 12 heavy (non-hydrogen) atoms. The Morgan fingerprint density at radius 1 is 1.42 bits per heavy atom. The Balaban J connectivity index is 3.40. The molecule has 0 radical (unpaired) electrons. The average Bonchev–Trinajstić information content (AvgIpc) is 1.96. The molecule has 0 saturated carbocycles. The third-order valence-electron chi connectivity index (χ3n) is 1.50. The normalized spacial score (nSPS) is 11.5. The maximum absolute atomic E-state index is 10.3. The van der Waals surface area contributed by atoms with Crippen LogP contribution in [0.4, 0.5) is 0 Å². The van der Waals surface area contributed by atoms with Crippen LogP contribution in [0, 0.1) is 0 Å². The fourth-order valence-electron chi connectivity index (χ4n) is 0.783. The van der Waals surface area contributed by atoms with E-state index >= 15 is 0 Å². The van der Waals surface area contributed by atoms with E-state index in [1.807, 2.05) is 6.92 Å². The first kappa shape index (κ1) is 12.0. The first-order valence-electron chi connectivity index (χ1n) is 3.92. The predicted octanol–water partition coefficient (Wildman–Crippen LogP) is 1.82. The molecule has 0 rings (SSSR count). The molecule has 0 saturated heterocycles. The third kappa shape index (κ3) is 8.10. The Morgan fingerprint density at radius 2 is 2.00 bits per heavy atom. The monoisotopic (exact) mass is 210 g/mol. The van der Waals surface area contributed by atoms with Gasteiger partial charge < -0.3 is 0 Å². The van der Waals surface area contributed by atoms with Crippen LogP contribution in [0.3, 0.4) is 0 Å². The van der Waals surface area contributed by atoms with Gasteiger partial charge in [-0.2, -0.15) is 8.42 Å². The van der Waals surface area contributed by atoms with Crippen LogP contribution in [0.15, 0.2) is 0 Å². The van der Waals surface area contributed by atoms with Gasteiger partial charge in [0, 0.05) is 0 Å². The van der Waals surface area contributed by atoms with Crippen molar-refractivity contribution in [2.24, 2.45) is 0 Å². The molecule has 72 valence electrons. The smallest absolute Gasteiger partial charge is 0.264 e. The van der Waals surface area contributed by atoms with Gasteiger partial charge in [0.2, 0.25) is 0 Å². The maximum Gasteiger partial charge on any atom is 0.264 e. The van der Waals surface area contributed by atoms with Crippen LogP contribution < -0.4 is 0 Å². The summed E-state index contributed by atoms with van der Waals surface area (Å²) in [5.74, 6) is -0.153. The van der Waals surface area contributed by atoms with E-state index in [2.05, 4.69) is 0 Å². The molecule has 0 aromatic carbocycles. The zero-order valence-electron chi connectivity index (χ0n) is 7.12. The molecule has 0 aliphatic heterocycles. The van der Waals surface area contributed by atoms with Crippen LogP contribution in [0.25, 0.3) is 0 Å². The van der Waals surface area contributed by atoms with Crippen molar-refractivity contribution in [1.82, 2.24) is 0 Å². The second-order valence-electron chi connectivity index (χ2n) is 2.64. The SMILES string of the molecule is CCC(=S)CCCCS(=O)(=O)O. The summed E-state index contributed by atoms with van der Waals surface area (Å²) in [4.78, 5) is 0.963. The maximum atomic E-state index is 10.3. The van der Waals surface area contributed by atoms with E-state index in [1.54, 1.807) is 0 Å². The van der Waals surface area contributed by atoms with Gasteiger partial charge in [-0.3, -0.25) is 4.55 Å². The Labute approximate surface area is 78.9 Å². The molecule has 1 N–H and O–H groups in total. The minimum Gasteiger partial charge on any atom is -0.286 e. The second kappa shape index (κ2) is 5.61. The van der Waals surface area contributed by atoms with Crippen molar-refractivity contribution in [2.75, 3.05) is 5.75 Å². The fraction of sp³-hybridized carbons (Fsp3) is 0.857. The highest BCUT2D eigenvalue weighted by Crippen LogP contribution is 2.02. The standard InChI is InChI=1S/C7H14O3S2/c1-2-7(11)5-3-4-6-12(8,9)10/h2-6H2,1H3,(H,8,9,10). The summed E-state index contributed by atoms with van der Waals surface area (Å²) in [6.07, 6.45) is 2.87. The van der Waals surface area contributed by atoms with Crippen molar-refractivity contribution >= 4 is 27.2 Å². The number of unbranched alkanes of at least 4 members (excludes halogenated alkanes) is 1. The summed E-state index contributed by atoms with van der Waals surface area (Å²) in [6, 6.07) is 0. The Bertz CT molecular complexity index is 231. The molecule has 3 nitrogen and oxygen atoms in total. The first-order chi connectivity index (χ1) is 5.45. The highest BCUT2D eigenvalue weighted by atomic mass is 32.2. The number of hydrogen-bond donors (Lipinski definition) is 1. The molecule has 0 fully saturated rings.